The highest BCUT2D eigenvalue weighted by Gasteiger charge is 2.15. The first kappa shape index (κ1) is 13.6. The minimum Gasteiger partial charge on any atom is -0.449 e. The van der Waals surface area contributed by atoms with Crippen molar-refractivity contribution in [3.63, 3.8) is 0 Å². The molecule has 0 N–H and O–H groups in total. The second-order valence-corrected chi connectivity index (χ2v) is 3.96. The molecule has 0 radical (unpaired) electrons. The molecule has 0 aliphatic rings. The smallest absolute Gasteiger partial charge is 0.414 e. The highest BCUT2D eigenvalue weighted by atomic mass is 16.6. The maximum Gasteiger partial charge on any atom is 0.414 e. The molecule has 3 heteroatoms. The highest BCUT2D eigenvalue weighted by molar-refractivity contribution is 5.87. The van der Waals surface area contributed by atoms with Crippen molar-refractivity contribution in [1.29, 1.82) is 0 Å². The normalized spacial score (nSPS) is 10.0. The summed E-state index contributed by atoms with van der Waals surface area (Å²) in [6, 6.07) is 9.67. The number of unbranched alkanes of at least 4 members (excludes halogenated alkanes) is 1. The molecule has 3 nitrogen and oxygen atoms in total. The van der Waals surface area contributed by atoms with Crippen molar-refractivity contribution in [1.82, 2.24) is 0 Å². The summed E-state index contributed by atoms with van der Waals surface area (Å²) in [5, 5.41) is 0. The van der Waals surface area contributed by atoms with Crippen molar-refractivity contribution in [3.05, 3.63) is 30.3 Å². The Morgan fingerprint density at radius 3 is 2.47 bits per heavy atom. The molecule has 0 spiro atoms. The monoisotopic (exact) mass is 235 g/mol. The zero-order valence-corrected chi connectivity index (χ0v) is 10.7. The van der Waals surface area contributed by atoms with Gasteiger partial charge < -0.3 is 4.74 Å². The van der Waals surface area contributed by atoms with Crippen LogP contribution in [0.15, 0.2) is 30.3 Å². The zero-order valence-electron chi connectivity index (χ0n) is 10.7. The molecule has 94 valence electrons. The average Bonchev–Trinajstić information content (AvgIpc) is 2.38. The fourth-order valence-electron chi connectivity index (χ4n) is 1.52. The first-order valence-corrected chi connectivity index (χ1v) is 6.29. The Balaban J connectivity index is 2.69. The number of hydrogen-bond acceptors (Lipinski definition) is 2. The highest BCUT2D eigenvalue weighted by Crippen LogP contribution is 2.15. The van der Waals surface area contributed by atoms with Crippen molar-refractivity contribution in [3.8, 4) is 0 Å². The second-order valence-electron chi connectivity index (χ2n) is 3.96. The number of para-hydroxylation sites is 1. The number of amides is 1. The molecule has 0 saturated heterocycles. The molecule has 0 heterocycles. The lowest BCUT2D eigenvalue weighted by molar-refractivity contribution is 0.153. The fourth-order valence-corrected chi connectivity index (χ4v) is 1.52. The van der Waals surface area contributed by atoms with Crippen molar-refractivity contribution in [2.45, 2.75) is 33.1 Å². The van der Waals surface area contributed by atoms with Gasteiger partial charge in [0.05, 0.1) is 6.61 Å². The van der Waals surface area contributed by atoms with E-state index in [1.165, 1.54) is 0 Å². The number of ether oxygens (including phenoxy) is 1. The van der Waals surface area contributed by atoms with E-state index >= 15 is 0 Å². The molecular weight excluding hydrogens is 214 g/mol. The SMILES string of the molecule is CCCCN(C(=O)OCCC)c1ccccc1. The van der Waals surface area contributed by atoms with Crippen LogP contribution in [0.1, 0.15) is 33.1 Å². The molecule has 0 bridgehead atoms. The van der Waals surface area contributed by atoms with Gasteiger partial charge in [0, 0.05) is 12.2 Å². The first-order valence-electron chi connectivity index (χ1n) is 6.29. The number of rotatable bonds is 6. The molecular formula is C14H21NO2. The average molecular weight is 235 g/mol. The Hall–Kier alpha value is -1.51. The lowest BCUT2D eigenvalue weighted by Gasteiger charge is -2.21. The Morgan fingerprint density at radius 1 is 1.18 bits per heavy atom. The first-order chi connectivity index (χ1) is 8.29. The summed E-state index contributed by atoms with van der Waals surface area (Å²) >= 11 is 0. The minimum absolute atomic E-state index is 0.244. The van der Waals surface area contributed by atoms with Crippen LogP contribution in [-0.2, 0) is 4.74 Å². The van der Waals surface area contributed by atoms with Crippen LogP contribution < -0.4 is 4.90 Å². The van der Waals surface area contributed by atoms with Gasteiger partial charge in [-0.2, -0.15) is 0 Å². The van der Waals surface area contributed by atoms with Crippen molar-refractivity contribution < 1.29 is 9.53 Å². The standard InChI is InChI=1S/C14H21NO2/c1-3-5-11-15(14(16)17-12-4-2)13-9-7-6-8-10-13/h6-10H,3-5,11-12H2,1-2H3. The molecule has 0 fully saturated rings. The molecule has 0 aliphatic heterocycles. The van der Waals surface area contributed by atoms with E-state index in [0.717, 1.165) is 24.9 Å². The Kier molecular flexibility index (Phi) is 6.15. The summed E-state index contributed by atoms with van der Waals surface area (Å²) in [5.41, 5.74) is 0.905. The molecule has 1 rings (SSSR count). The van der Waals surface area contributed by atoms with Gasteiger partial charge in [-0.15, -0.1) is 0 Å². The summed E-state index contributed by atoms with van der Waals surface area (Å²) in [6.45, 7) is 5.30. The largest absolute Gasteiger partial charge is 0.449 e. The molecule has 1 amide bonds. The predicted molar refractivity (Wildman–Crippen MR) is 70.3 cm³/mol. The third kappa shape index (κ3) is 4.47. The van der Waals surface area contributed by atoms with Crippen molar-refractivity contribution >= 4 is 11.8 Å². The molecule has 0 aliphatic carbocycles. The Bertz CT molecular complexity index is 324. The second kappa shape index (κ2) is 7.71. The van der Waals surface area contributed by atoms with E-state index in [1.807, 2.05) is 37.3 Å². The van der Waals surface area contributed by atoms with Crippen LogP contribution in [0.25, 0.3) is 0 Å². The summed E-state index contributed by atoms with van der Waals surface area (Å²) in [6.07, 6.45) is 2.65. The molecule has 1 aromatic carbocycles. The van der Waals surface area contributed by atoms with Gasteiger partial charge in [0.1, 0.15) is 0 Å². The summed E-state index contributed by atoms with van der Waals surface area (Å²) in [7, 11) is 0. The van der Waals surface area contributed by atoms with Gasteiger partial charge in [-0.05, 0) is 25.0 Å². The van der Waals surface area contributed by atoms with Gasteiger partial charge in [0.2, 0.25) is 0 Å². The van der Waals surface area contributed by atoms with Gasteiger partial charge in [-0.3, -0.25) is 4.90 Å². The molecule has 0 unspecified atom stereocenters. The molecule has 0 aromatic heterocycles. The maximum absolute atomic E-state index is 11.9. The van der Waals surface area contributed by atoms with E-state index < -0.39 is 0 Å². The van der Waals surface area contributed by atoms with Gasteiger partial charge in [0.25, 0.3) is 0 Å². The van der Waals surface area contributed by atoms with E-state index in [0.29, 0.717) is 13.2 Å². The van der Waals surface area contributed by atoms with Crippen LogP contribution in [-0.4, -0.2) is 19.2 Å². The number of benzene rings is 1. The van der Waals surface area contributed by atoms with E-state index in [4.69, 9.17) is 4.74 Å². The van der Waals surface area contributed by atoms with Crippen LogP contribution in [0, 0.1) is 0 Å². The number of hydrogen-bond donors (Lipinski definition) is 0. The van der Waals surface area contributed by atoms with E-state index in [9.17, 15) is 4.79 Å². The third-order valence-electron chi connectivity index (χ3n) is 2.45. The summed E-state index contributed by atoms with van der Waals surface area (Å²) in [5.74, 6) is 0. The van der Waals surface area contributed by atoms with Gasteiger partial charge in [0.15, 0.2) is 0 Å². The van der Waals surface area contributed by atoms with E-state index in [2.05, 4.69) is 6.92 Å². The number of nitrogens with zero attached hydrogens (tertiary/aromatic N) is 1. The summed E-state index contributed by atoms with van der Waals surface area (Å²) < 4.78 is 5.19. The maximum atomic E-state index is 11.9. The van der Waals surface area contributed by atoms with Gasteiger partial charge in [-0.25, -0.2) is 4.79 Å². The van der Waals surface area contributed by atoms with Crippen LogP contribution in [0.3, 0.4) is 0 Å². The number of carbonyl (C=O) groups is 1. The van der Waals surface area contributed by atoms with Crippen LogP contribution >= 0.6 is 0 Å². The molecule has 1 aromatic rings. The molecule has 0 atom stereocenters. The fraction of sp³-hybridized carbons (Fsp3) is 0.500. The summed E-state index contributed by atoms with van der Waals surface area (Å²) in [4.78, 5) is 13.6. The van der Waals surface area contributed by atoms with E-state index in [1.54, 1.807) is 4.90 Å². The molecule has 17 heavy (non-hydrogen) atoms. The Morgan fingerprint density at radius 2 is 1.88 bits per heavy atom. The van der Waals surface area contributed by atoms with Crippen molar-refractivity contribution in [2.24, 2.45) is 0 Å². The van der Waals surface area contributed by atoms with Crippen LogP contribution in [0.4, 0.5) is 10.5 Å². The minimum atomic E-state index is -0.244. The molecule has 0 saturated carbocycles. The quantitative estimate of drug-likeness (QED) is 0.749. The van der Waals surface area contributed by atoms with E-state index in [-0.39, 0.29) is 6.09 Å². The predicted octanol–water partition coefficient (Wildman–Crippen LogP) is 3.84. The van der Waals surface area contributed by atoms with Gasteiger partial charge in [-0.1, -0.05) is 38.5 Å². The lowest BCUT2D eigenvalue weighted by atomic mass is 10.2. The van der Waals surface area contributed by atoms with Crippen molar-refractivity contribution in [2.75, 3.05) is 18.1 Å². The van der Waals surface area contributed by atoms with Gasteiger partial charge >= 0.3 is 6.09 Å². The third-order valence-corrected chi connectivity index (χ3v) is 2.45. The topological polar surface area (TPSA) is 29.5 Å². The lowest BCUT2D eigenvalue weighted by Crippen LogP contribution is -2.32. The number of carbonyl (C=O) groups excluding carboxylic acids is 1. The van der Waals surface area contributed by atoms with Crippen LogP contribution in [0.2, 0.25) is 0 Å². The Labute approximate surface area is 103 Å². The zero-order chi connectivity index (χ0) is 12.5. The number of anilines is 1. The van der Waals surface area contributed by atoms with Crippen LogP contribution in [0.5, 0.6) is 0 Å².